The second-order valence-electron chi connectivity index (χ2n) is 3.97. The monoisotopic (exact) mass is 239 g/mol. The Kier molecular flexibility index (Phi) is 3.37. The summed E-state index contributed by atoms with van der Waals surface area (Å²) in [6.45, 7) is 2.98. The van der Waals surface area contributed by atoms with Crippen LogP contribution in [0.1, 0.15) is 22.1 Å². The topological polar surface area (TPSA) is 61.7 Å². The SMILES string of the molecule is [B]C(O)(O)NCC1OCCc2scc(C)c21. The highest BCUT2D eigenvalue weighted by Gasteiger charge is 2.26. The molecule has 1 aromatic rings. The summed E-state index contributed by atoms with van der Waals surface area (Å²) in [4.78, 5) is 1.31. The number of aryl methyl sites for hydroxylation is 1. The summed E-state index contributed by atoms with van der Waals surface area (Å²) in [7, 11) is 5.03. The van der Waals surface area contributed by atoms with E-state index in [0.29, 0.717) is 6.61 Å². The lowest BCUT2D eigenvalue weighted by atomic mass is 10.00. The number of fused-ring (bicyclic) bond motifs is 1. The summed E-state index contributed by atoms with van der Waals surface area (Å²) in [6, 6.07) is 0. The van der Waals surface area contributed by atoms with Gasteiger partial charge in [-0.25, -0.2) is 0 Å². The first-order valence-electron chi connectivity index (χ1n) is 5.14. The number of hydrogen-bond donors (Lipinski definition) is 3. The second kappa shape index (κ2) is 4.47. The minimum absolute atomic E-state index is 0.155. The molecular formula is C10H14BNO3S. The van der Waals surface area contributed by atoms with E-state index in [1.54, 1.807) is 11.3 Å². The zero-order valence-corrected chi connectivity index (χ0v) is 9.88. The molecule has 0 aliphatic carbocycles. The van der Waals surface area contributed by atoms with Crippen LogP contribution in [0.3, 0.4) is 0 Å². The largest absolute Gasteiger partial charge is 0.372 e. The first kappa shape index (κ1) is 12.1. The minimum atomic E-state index is -2.34. The van der Waals surface area contributed by atoms with Gasteiger partial charge in [0.05, 0.1) is 12.7 Å². The van der Waals surface area contributed by atoms with Gasteiger partial charge in [0.2, 0.25) is 0 Å². The summed E-state index contributed by atoms with van der Waals surface area (Å²) in [6.07, 6.45) is 0.772. The van der Waals surface area contributed by atoms with Crippen LogP contribution in [0.15, 0.2) is 5.38 Å². The molecule has 0 spiro atoms. The molecule has 4 nitrogen and oxygen atoms in total. The Morgan fingerprint density at radius 1 is 1.69 bits per heavy atom. The van der Waals surface area contributed by atoms with Crippen molar-refractivity contribution in [1.29, 1.82) is 0 Å². The molecule has 1 aliphatic heterocycles. The van der Waals surface area contributed by atoms with Gasteiger partial charge in [0, 0.05) is 17.8 Å². The van der Waals surface area contributed by atoms with Crippen molar-refractivity contribution >= 4 is 19.2 Å². The number of hydrogen-bond acceptors (Lipinski definition) is 5. The molecule has 2 rings (SSSR count). The van der Waals surface area contributed by atoms with Crippen LogP contribution < -0.4 is 5.32 Å². The smallest absolute Gasteiger partial charge is 0.178 e. The minimum Gasteiger partial charge on any atom is -0.372 e. The summed E-state index contributed by atoms with van der Waals surface area (Å²) in [5.74, 6) is -2.34. The normalized spacial score (nSPS) is 20.8. The Balaban J connectivity index is 2.10. The van der Waals surface area contributed by atoms with Crippen LogP contribution in [-0.2, 0) is 11.2 Å². The zero-order valence-electron chi connectivity index (χ0n) is 9.06. The molecule has 2 radical (unpaired) electrons. The molecule has 0 saturated heterocycles. The Hall–Kier alpha value is -0.395. The number of ether oxygens (including phenoxy) is 1. The molecule has 1 aromatic heterocycles. The molecule has 1 unspecified atom stereocenters. The molecule has 16 heavy (non-hydrogen) atoms. The highest BCUT2D eigenvalue weighted by molar-refractivity contribution is 7.10. The molecule has 0 amide bonds. The molecular weight excluding hydrogens is 225 g/mol. The van der Waals surface area contributed by atoms with E-state index in [2.05, 4.69) is 10.7 Å². The predicted molar refractivity (Wildman–Crippen MR) is 62.4 cm³/mol. The molecule has 0 fully saturated rings. The van der Waals surface area contributed by atoms with E-state index in [1.165, 1.54) is 10.4 Å². The number of nitrogens with one attached hydrogen (secondary N) is 1. The molecule has 1 atom stereocenters. The zero-order chi connectivity index (χ0) is 11.8. The lowest BCUT2D eigenvalue weighted by molar-refractivity contribution is -0.118. The van der Waals surface area contributed by atoms with Crippen molar-refractivity contribution in [3.05, 3.63) is 21.4 Å². The van der Waals surface area contributed by atoms with Crippen LogP contribution in [0, 0.1) is 6.92 Å². The first-order chi connectivity index (χ1) is 7.47. The van der Waals surface area contributed by atoms with Gasteiger partial charge in [0.25, 0.3) is 0 Å². The van der Waals surface area contributed by atoms with Crippen molar-refractivity contribution in [2.75, 3.05) is 13.2 Å². The summed E-state index contributed by atoms with van der Waals surface area (Å²) >= 11 is 1.73. The summed E-state index contributed by atoms with van der Waals surface area (Å²) in [5.41, 5.74) is 2.35. The van der Waals surface area contributed by atoms with Crippen LogP contribution in [0.4, 0.5) is 0 Å². The van der Waals surface area contributed by atoms with Crippen LogP contribution >= 0.6 is 11.3 Å². The van der Waals surface area contributed by atoms with Crippen molar-refractivity contribution in [3.8, 4) is 0 Å². The Labute approximate surface area is 99.7 Å². The van der Waals surface area contributed by atoms with E-state index in [1.807, 2.05) is 6.92 Å². The van der Waals surface area contributed by atoms with E-state index < -0.39 is 5.81 Å². The fourth-order valence-corrected chi connectivity index (χ4v) is 2.98. The van der Waals surface area contributed by atoms with Gasteiger partial charge in [-0.05, 0) is 23.4 Å². The summed E-state index contributed by atoms with van der Waals surface area (Å²) < 4.78 is 5.61. The number of rotatable bonds is 3. The fourth-order valence-electron chi connectivity index (χ4n) is 1.91. The molecule has 86 valence electrons. The lowest BCUT2D eigenvalue weighted by Gasteiger charge is -2.27. The van der Waals surface area contributed by atoms with Gasteiger partial charge >= 0.3 is 0 Å². The van der Waals surface area contributed by atoms with Crippen LogP contribution in [0.25, 0.3) is 0 Å². The summed E-state index contributed by atoms with van der Waals surface area (Å²) in [5, 5.41) is 22.5. The van der Waals surface area contributed by atoms with Gasteiger partial charge in [0.15, 0.2) is 13.7 Å². The van der Waals surface area contributed by atoms with Gasteiger partial charge in [-0.2, -0.15) is 0 Å². The molecule has 0 bridgehead atoms. The van der Waals surface area contributed by atoms with Gasteiger partial charge in [-0.15, -0.1) is 11.3 Å². The predicted octanol–water partition coefficient (Wildman–Crippen LogP) is 0.0243. The van der Waals surface area contributed by atoms with E-state index in [4.69, 9.17) is 22.8 Å². The quantitative estimate of drug-likeness (QED) is 0.514. The third-order valence-electron chi connectivity index (χ3n) is 2.62. The van der Waals surface area contributed by atoms with Crippen molar-refractivity contribution in [1.82, 2.24) is 5.32 Å². The van der Waals surface area contributed by atoms with Crippen LogP contribution in [-0.4, -0.2) is 37.0 Å². The van der Waals surface area contributed by atoms with E-state index in [0.717, 1.165) is 12.0 Å². The van der Waals surface area contributed by atoms with Crippen molar-refractivity contribution in [3.63, 3.8) is 0 Å². The van der Waals surface area contributed by atoms with Crippen LogP contribution in [0.2, 0.25) is 0 Å². The third kappa shape index (κ3) is 2.64. The molecule has 0 saturated carbocycles. The maximum Gasteiger partial charge on any atom is 0.178 e. The second-order valence-corrected chi connectivity index (χ2v) is 4.94. The first-order valence-corrected chi connectivity index (χ1v) is 6.02. The lowest BCUT2D eigenvalue weighted by Crippen LogP contribution is -2.47. The maximum atomic E-state index is 8.99. The van der Waals surface area contributed by atoms with E-state index in [-0.39, 0.29) is 12.6 Å². The van der Waals surface area contributed by atoms with Crippen molar-refractivity contribution in [2.24, 2.45) is 0 Å². The number of aliphatic hydroxyl groups is 2. The standard InChI is InChI=1S/C10H14BNO3S/c1-6-5-16-8-2-3-15-7(9(6)8)4-12-10(11,13)14/h5,7,12-14H,2-4H2,1H3. The Morgan fingerprint density at radius 3 is 3.12 bits per heavy atom. The average Bonchev–Trinajstić information content (AvgIpc) is 2.57. The maximum absolute atomic E-state index is 8.99. The van der Waals surface area contributed by atoms with Crippen molar-refractivity contribution < 1.29 is 14.9 Å². The highest BCUT2D eigenvalue weighted by atomic mass is 32.1. The Bertz CT molecular complexity index is 375. The highest BCUT2D eigenvalue weighted by Crippen LogP contribution is 2.34. The average molecular weight is 239 g/mol. The Morgan fingerprint density at radius 2 is 2.44 bits per heavy atom. The van der Waals surface area contributed by atoms with E-state index in [9.17, 15) is 0 Å². The molecule has 3 N–H and O–H groups in total. The molecule has 6 heteroatoms. The van der Waals surface area contributed by atoms with Gasteiger partial charge in [-0.3, -0.25) is 5.32 Å². The van der Waals surface area contributed by atoms with Crippen LogP contribution in [0.5, 0.6) is 0 Å². The third-order valence-corrected chi connectivity index (χ3v) is 3.80. The van der Waals surface area contributed by atoms with Crippen molar-refractivity contribution in [2.45, 2.75) is 25.3 Å². The molecule has 1 aliphatic rings. The van der Waals surface area contributed by atoms with Gasteiger partial charge in [0.1, 0.15) is 0 Å². The fraction of sp³-hybridized carbons (Fsp3) is 0.600. The van der Waals surface area contributed by atoms with Gasteiger partial charge in [-0.1, -0.05) is 0 Å². The molecule has 0 aromatic carbocycles. The number of thiophene rings is 1. The van der Waals surface area contributed by atoms with E-state index >= 15 is 0 Å². The van der Waals surface area contributed by atoms with Gasteiger partial charge < -0.3 is 14.9 Å². The molecule has 2 heterocycles.